The van der Waals surface area contributed by atoms with Crippen LogP contribution in [0.5, 0.6) is 0 Å². The Kier molecular flexibility index (Phi) is 6.38. The highest BCUT2D eigenvalue weighted by atomic mass is 19.1. The zero-order chi connectivity index (χ0) is 17.7. The fraction of sp³-hybridized carbons (Fsp3) is 0.588. The highest BCUT2D eigenvalue weighted by Crippen LogP contribution is 2.21. The minimum Gasteiger partial charge on any atom is -0.444 e. The number of benzene rings is 1. The zero-order valence-electron chi connectivity index (χ0n) is 14.7. The number of hydrogen-bond acceptors (Lipinski definition) is 4. The largest absolute Gasteiger partial charge is 0.444 e. The maximum atomic E-state index is 13.8. The summed E-state index contributed by atoms with van der Waals surface area (Å²) in [7, 11) is 1.67. The molecule has 130 valence electrons. The van der Waals surface area contributed by atoms with Crippen molar-refractivity contribution in [3.05, 3.63) is 24.0 Å². The molecule has 0 unspecified atom stereocenters. The van der Waals surface area contributed by atoms with Gasteiger partial charge in [-0.1, -0.05) is 0 Å². The van der Waals surface area contributed by atoms with Crippen molar-refractivity contribution in [2.24, 2.45) is 0 Å². The van der Waals surface area contributed by atoms with E-state index in [1.807, 2.05) is 13.8 Å². The molecule has 1 aromatic rings. The summed E-state index contributed by atoms with van der Waals surface area (Å²) in [6.45, 7) is 9.90. The van der Waals surface area contributed by atoms with Gasteiger partial charge in [0.15, 0.2) is 0 Å². The van der Waals surface area contributed by atoms with Crippen LogP contribution in [0, 0.1) is 5.82 Å². The predicted octanol–water partition coefficient (Wildman–Crippen LogP) is 4.40. The van der Waals surface area contributed by atoms with Crippen LogP contribution in [0.4, 0.5) is 20.6 Å². The number of halogens is 1. The summed E-state index contributed by atoms with van der Waals surface area (Å²) in [6, 6.07) is 4.46. The Morgan fingerprint density at radius 1 is 1.22 bits per heavy atom. The number of ether oxygens (including phenoxy) is 2. The first-order valence-electron chi connectivity index (χ1n) is 7.61. The van der Waals surface area contributed by atoms with E-state index in [4.69, 9.17) is 9.47 Å². The lowest BCUT2D eigenvalue weighted by atomic mass is 10.1. The van der Waals surface area contributed by atoms with Crippen LogP contribution in [0.3, 0.4) is 0 Å². The first-order chi connectivity index (χ1) is 10.5. The topological polar surface area (TPSA) is 59.6 Å². The summed E-state index contributed by atoms with van der Waals surface area (Å²) < 4.78 is 24.3. The van der Waals surface area contributed by atoms with Crippen LogP contribution < -0.4 is 10.6 Å². The Balaban J connectivity index is 2.67. The van der Waals surface area contributed by atoms with Gasteiger partial charge in [-0.3, -0.25) is 5.32 Å². The molecule has 6 heteroatoms. The van der Waals surface area contributed by atoms with Gasteiger partial charge in [0, 0.05) is 19.3 Å². The average molecular weight is 326 g/mol. The molecular formula is C17H27FN2O3. The lowest BCUT2D eigenvalue weighted by Gasteiger charge is -2.23. The Morgan fingerprint density at radius 2 is 1.87 bits per heavy atom. The standard InChI is InChI=1S/C17H27FN2O3/c1-16(2,3)23-15(21)20-14-11-12(7-8-13(14)18)19-10-9-17(4,5)22-6/h7-8,11,19H,9-10H2,1-6H3,(H,20,21). The van der Waals surface area contributed by atoms with E-state index in [0.717, 1.165) is 6.42 Å². The van der Waals surface area contributed by atoms with Gasteiger partial charge in [-0.25, -0.2) is 9.18 Å². The Hall–Kier alpha value is -1.82. The molecule has 5 nitrogen and oxygen atoms in total. The molecule has 0 fully saturated rings. The molecule has 1 aromatic carbocycles. The summed E-state index contributed by atoms with van der Waals surface area (Å²) in [5.74, 6) is -0.515. The minimum absolute atomic E-state index is 0.0789. The third kappa shape index (κ3) is 7.32. The molecule has 0 bridgehead atoms. The third-order valence-corrected chi connectivity index (χ3v) is 3.21. The molecule has 1 rings (SSSR count). The van der Waals surface area contributed by atoms with Crippen molar-refractivity contribution >= 4 is 17.5 Å². The molecule has 0 aliphatic heterocycles. The van der Waals surface area contributed by atoms with E-state index < -0.39 is 17.5 Å². The van der Waals surface area contributed by atoms with Gasteiger partial charge in [0.25, 0.3) is 0 Å². The van der Waals surface area contributed by atoms with Crippen LogP contribution in [0.15, 0.2) is 18.2 Å². The predicted molar refractivity (Wildman–Crippen MR) is 90.5 cm³/mol. The van der Waals surface area contributed by atoms with Crippen LogP contribution in [0.1, 0.15) is 41.0 Å². The number of anilines is 2. The molecular weight excluding hydrogens is 299 g/mol. The van der Waals surface area contributed by atoms with Gasteiger partial charge in [0.05, 0.1) is 11.3 Å². The van der Waals surface area contributed by atoms with Gasteiger partial charge in [-0.15, -0.1) is 0 Å². The zero-order valence-corrected chi connectivity index (χ0v) is 14.7. The normalized spacial score (nSPS) is 12.0. The molecule has 0 aliphatic rings. The maximum Gasteiger partial charge on any atom is 0.412 e. The summed E-state index contributed by atoms with van der Waals surface area (Å²) in [5.41, 5.74) is -0.0770. The van der Waals surface area contributed by atoms with Crippen molar-refractivity contribution in [1.82, 2.24) is 0 Å². The monoisotopic (exact) mass is 326 g/mol. The molecule has 0 heterocycles. The van der Waals surface area contributed by atoms with E-state index in [1.165, 1.54) is 6.07 Å². The maximum absolute atomic E-state index is 13.8. The fourth-order valence-corrected chi connectivity index (χ4v) is 1.75. The van der Waals surface area contributed by atoms with Crippen LogP contribution in [-0.2, 0) is 9.47 Å². The molecule has 0 radical (unpaired) electrons. The first-order valence-corrected chi connectivity index (χ1v) is 7.61. The summed E-state index contributed by atoms with van der Waals surface area (Å²) in [6.07, 6.45) is 0.101. The minimum atomic E-state index is -0.686. The van der Waals surface area contributed by atoms with E-state index in [1.54, 1.807) is 40.0 Å². The quantitative estimate of drug-likeness (QED) is 0.813. The number of nitrogens with one attached hydrogen (secondary N) is 2. The highest BCUT2D eigenvalue weighted by molar-refractivity contribution is 5.85. The van der Waals surface area contributed by atoms with Gasteiger partial charge in [-0.05, 0) is 59.2 Å². The SMILES string of the molecule is COC(C)(C)CCNc1ccc(F)c(NC(=O)OC(C)(C)C)c1. The van der Waals surface area contributed by atoms with Crippen LogP contribution in [0.2, 0.25) is 0 Å². The molecule has 0 saturated carbocycles. The van der Waals surface area contributed by atoms with Crippen molar-refractivity contribution in [3.63, 3.8) is 0 Å². The number of carbonyl (C=O) groups excluding carboxylic acids is 1. The molecule has 0 aromatic heterocycles. The van der Waals surface area contributed by atoms with Crippen molar-refractivity contribution < 1.29 is 18.7 Å². The molecule has 0 atom stereocenters. The van der Waals surface area contributed by atoms with Gasteiger partial charge in [0.2, 0.25) is 0 Å². The molecule has 1 amide bonds. The van der Waals surface area contributed by atoms with E-state index >= 15 is 0 Å². The Bertz CT molecular complexity index is 539. The van der Waals surface area contributed by atoms with Crippen LogP contribution in [-0.4, -0.2) is 30.9 Å². The molecule has 0 saturated heterocycles. The summed E-state index contributed by atoms with van der Waals surface area (Å²) >= 11 is 0. The van der Waals surface area contributed by atoms with E-state index in [9.17, 15) is 9.18 Å². The van der Waals surface area contributed by atoms with Gasteiger partial charge in [0.1, 0.15) is 11.4 Å². The lowest BCUT2D eigenvalue weighted by molar-refractivity contribution is 0.0185. The van der Waals surface area contributed by atoms with Gasteiger partial charge >= 0.3 is 6.09 Å². The second kappa shape index (κ2) is 7.64. The van der Waals surface area contributed by atoms with E-state index in [0.29, 0.717) is 12.2 Å². The summed E-state index contributed by atoms with van der Waals surface area (Å²) in [4.78, 5) is 11.7. The van der Waals surface area contributed by atoms with Crippen molar-refractivity contribution in [3.8, 4) is 0 Å². The molecule has 0 aliphatic carbocycles. The van der Waals surface area contributed by atoms with Crippen LogP contribution >= 0.6 is 0 Å². The first kappa shape index (κ1) is 19.2. The van der Waals surface area contributed by atoms with Crippen molar-refractivity contribution in [1.29, 1.82) is 0 Å². The molecule has 0 spiro atoms. The summed E-state index contributed by atoms with van der Waals surface area (Å²) in [5, 5.41) is 5.61. The second-order valence-electron chi connectivity index (χ2n) is 6.96. The third-order valence-electron chi connectivity index (χ3n) is 3.21. The van der Waals surface area contributed by atoms with Gasteiger partial charge < -0.3 is 14.8 Å². The van der Waals surface area contributed by atoms with E-state index in [-0.39, 0.29) is 11.3 Å². The van der Waals surface area contributed by atoms with Crippen molar-refractivity contribution in [2.45, 2.75) is 52.2 Å². The molecule has 23 heavy (non-hydrogen) atoms. The Labute approximate surface area is 137 Å². The molecule has 2 N–H and O–H groups in total. The van der Waals surface area contributed by atoms with E-state index in [2.05, 4.69) is 10.6 Å². The lowest BCUT2D eigenvalue weighted by Crippen LogP contribution is -2.27. The number of carbonyl (C=O) groups is 1. The average Bonchev–Trinajstić information content (AvgIpc) is 2.40. The highest BCUT2D eigenvalue weighted by Gasteiger charge is 2.18. The number of amides is 1. The number of rotatable bonds is 6. The fourth-order valence-electron chi connectivity index (χ4n) is 1.75. The van der Waals surface area contributed by atoms with Crippen molar-refractivity contribution in [2.75, 3.05) is 24.3 Å². The van der Waals surface area contributed by atoms with Crippen LogP contribution in [0.25, 0.3) is 0 Å². The number of hydrogen-bond donors (Lipinski definition) is 2. The smallest absolute Gasteiger partial charge is 0.412 e. The second-order valence-corrected chi connectivity index (χ2v) is 6.96. The van der Waals surface area contributed by atoms with Gasteiger partial charge in [-0.2, -0.15) is 0 Å². The number of methoxy groups -OCH3 is 1. The Morgan fingerprint density at radius 3 is 2.43 bits per heavy atom.